The van der Waals surface area contributed by atoms with E-state index in [1.165, 1.54) is 22.4 Å². The second kappa shape index (κ2) is 10.5. The highest BCUT2D eigenvalue weighted by atomic mass is 35.5. The molecule has 0 bridgehead atoms. The van der Waals surface area contributed by atoms with Crippen LogP contribution in [-0.2, 0) is 11.3 Å². The van der Waals surface area contributed by atoms with E-state index in [1.807, 2.05) is 0 Å². The first kappa shape index (κ1) is 27.2. The Labute approximate surface area is 209 Å². The molecule has 1 N–H and O–H groups in total. The summed E-state index contributed by atoms with van der Waals surface area (Å²) in [7, 11) is 0. The minimum atomic E-state index is -0.742. The van der Waals surface area contributed by atoms with Crippen LogP contribution in [0.5, 0.6) is 0 Å². The third-order valence-electron chi connectivity index (χ3n) is 6.49. The van der Waals surface area contributed by atoms with Crippen LogP contribution >= 0.6 is 24.8 Å². The van der Waals surface area contributed by atoms with Crippen LogP contribution in [0.15, 0.2) is 35.5 Å². The van der Waals surface area contributed by atoms with Gasteiger partial charge in [0.25, 0.3) is 0 Å². The summed E-state index contributed by atoms with van der Waals surface area (Å²) in [5.41, 5.74) is 5.33. The van der Waals surface area contributed by atoms with Crippen molar-refractivity contribution in [3.63, 3.8) is 0 Å². The predicted molar refractivity (Wildman–Crippen MR) is 139 cm³/mol. The highest BCUT2D eigenvalue weighted by molar-refractivity contribution is 6.00. The van der Waals surface area contributed by atoms with E-state index in [1.54, 1.807) is 13.8 Å². The molecule has 8 heteroatoms. The number of aromatic nitrogens is 1. The van der Waals surface area contributed by atoms with Crippen molar-refractivity contribution in [1.29, 1.82) is 0 Å². The van der Waals surface area contributed by atoms with Gasteiger partial charge in [0.05, 0.1) is 16.8 Å². The molecule has 3 heterocycles. The standard InChI is InChI=1S/C25H34N4O2.2ClH/c1-17(2)19-13-22-23(26-21-7-6-18(3)12-20(21)15-29(22)14-19)28-10-8-27(9-11-28)16-25(4,5)24(30)31;;/h6-7,12-14,17H,8-11,15-16H2,1-5H3,(H,30,31);2*1H. The fourth-order valence-corrected chi connectivity index (χ4v) is 4.45. The third kappa shape index (κ3) is 5.73. The summed E-state index contributed by atoms with van der Waals surface area (Å²) in [6, 6.07) is 8.80. The molecule has 0 saturated carbocycles. The number of hydrogen-bond donors (Lipinski definition) is 1. The monoisotopic (exact) mass is 494 g/mol. The average molecular weight is 495 g/mol. The molecule has 1 saturated heterocycles. The van der Waals surface area contributed by atoms with Crippen LogP contribution in [0, 0.1) is 12.3 Å². The average Bonchev–Trinajstić information content (AvgIpc) is 3.05. The van der Waals surface area contributed by atoms with Gasteiger partial charge < -0.3 is 14.6 Å². The van der Waals surface area contributed by atoms with Gasteiger partial charge in [-0.15, -0.1) is 24.8 Å². The molecule has 4 rings (SSSR count). The van der Waals surface area contributed by atoms with Crippen LogP contribution in [0.1, 0.15) is 56.0 Å². The molecule has 2 aliphatic heterocycles. The number of carbonyl (C=O) groups is 1. The highest BCUT2D eigenvalue weighted by Crippen LogP contribution is 2.30. The van der Waals surface area contributed by atoms with E-state index in [9.17, 15) is 9.90 Å². The highest BCUT2D eigenvalue weighted by Gasteiger charge is 2.32. The summed E-state index contributed by atoms with van der Waals surface area (Å²) in [5.74, 6) is 0.758. The molecule has 0 aliphatic carbocycles. The quantitative estimate of drug-likeness (QED) is 0.654. The molecular weight excluding hydrogens is 459 g/mol. The number of piperazine rings is 1. The SMILES string of the molecule is Cc1ccc2c(c1)Cn1cc(C(C)C)cc1C(N1CCN(CC(C)(C)C(=O)O)CC1)=N2.Cl.Cl. The number of carboxylic acids is 1. The van der Waals surface area contributed by atoms with Gasteiger partial charge >= 0.3 is 5.97 Å². The number of halogens is 2. The Bertz CT molecular complexity index is 1020. The first-order chi connectivity index (χ1) is 14.6. The van der Waals surface area contributed by atoms with Crippen molar-refractivity contribution in [2.24, 2.45) is 10.4 Å². The van der Waals surface area contributed by atoms with Crippen molar-refractivity contribution < 1.29 is 9.90 Å². The van der Waals surface area contributed by atoms with E-state index in [0.717, 1.165) is 44.2 Å². The lowest BCUT2D eigenvalue weighted by molar-refractivity contribution is -0.148. The minimum Gasteiger partial charge on any atom is -0.481 e. The second-order valence-electron chi connectivity index (χ2n) is 9.96. The van der Waals surface area contributed by atoms with Gasteiger partial charge in [-0.1, -0.05) is 31.5 Å². The van der Waals surface area contributed by atoms with Gasteiger partial charge in [0.15, 0.2) is 5.84 Å². The van der Waals surface area contributed by atoms with E-state index >= 15 is 0 Å². The fourth-order valence-electron chi connectivity index (χ4n) is 4.45. The molecule has 182 valence electrons. The summed E-state index contributed by atoms with van der Waals surface area (Å²) in [6.07, 6.45) is 2.28. The summed E-state index contributed by atoms with van der Waals surface area (Å²) >= 11 is 0. The Morgan fingerprint density at radius 3 is 2.39 bits per heavy atom. The molecule has 0 spiro atoms. The maximum absolute atomic E-state index is 11.5. The Balaban J connectivity index is 0.00000193. The second-order valence-corrected chi connectivity index (χ2v) is 9.96. The van der Waals surface area contributed by atoms with Crippen LogP contribution in [0.2, 0.25) is 0 Å². The van der Waals surface area contributed by atoms with Crippen molar-refractivity contribution in [3.8, 4) is 0 Å². The van der Waals surface area contributed by atoms with Crippen molar-refractivity contribution >= 4 is 42.3 Å². The van der Waals surface area contributed by atoms with E-state index < -0.39 is 11.4 Å². The maximum Gasteiger partial charge on any atom is 0.310 e. The molecule has 2 aliphatic rings. The number of benzene rings is 1. The molecule has 6 nitrogen and oxygen atoms in total. The Morgan fingerprint density at radius 1 is 1.12 bits per heavy atom. The van der Waals surface area contributed by atoms with E-state index in [0.29, 0.717) is 12.5 Å². The number of rotatable bonds is 4. The zero-order valence-electron chi connectivity index (χ0n) is 20.2. The van der Waals surface area contributed by atoms with Gasteiger partial charge in [0, 0.05) is 45.5 Å². The molecule has 1 aromatic carbocycles. The smallest absolute Gasteiger partial charge is 0.310 e. The van der Waals surface area contributed by atoms with Crippen LogP contribution in [-0.4, -0.2) is 64.0 Å². The predicted octanol–water partition coefficient (Wildman–Crippen LogP) is 4.93. The lowest BCUT2D eigenvalue weighted by Crippen LogP contribution is -2.52. The number of amidine groups is 1. The van der Waals surface area contributed by atoms with Gasteiger partial charge in [-0.25, -0.2) is 4.99 Å². The van der Waals surface area contributed by atoms with Crippen LogP contribution < -0.4 is 0 Å². The summed E-state index contributed by atoms with van der Waals surface area (Å²) in [5, 5.41) is 9.47. The molecule has 0 atom stereocenters. The zero-order valence-corrected chi connectivity index (χ0v) is 21.8. The maximum atomic E-state index is 11.5. The van der Waals surface area contributed by atoms with Crippen LogP contribution in [0.4, 0.5) is 5.69 Å². The van der Waals surface area contributed by atoms with E-state index in [-0.39, 0.29) is 24.8 Å². The molecule has 0 amide bonds. The number of aliphatic carboxylic acids is 1. The van der Waals surface area contributed by atoms with Crippen LogP contribution in [0.3, 0.4) is 0 Å². The molecule has 2 aromatic rings. The molecular formula is C25H36Cl2N4O2. The van der Waals surface area contributed by atoms with Crippen molar-refractivity contribution in [2.45, 2.75) is 47.1 Å². The van der Waals surface area contributed by atoms with Crippen molar-refractivity contribution in [1.82, 2.24) is 14.4 Å². The third-order valence-corrected chi connectivity index (χ3v) is 6.49. The molecule has 33 heavy (non-hydrogen) atoms. The van der Waals surface area contributed by atoms with Crippen molar-refractivity contribution in [2.75, 3.05) is 32.7 Å². The van der Waals surface area contributed by atoms with Gasteiger partial charge in [-0.2, -0.15) is 0 Å². The first-order valence-corrected chi connectivity index (χ1v) is 11.2. The fraction of sp³-hybridized carbons (Fsp3) is 0.520. The number of aryl methyl sites for hydroxylation is 1. The molecule has 1 aromatic heterocycles. The minimum absolute atomic E-state index is 0. The Hall–Kier alpha value is -2.02. The van der Waals surface area contributed by atoms with Crippen molar-refractivity contribution in [3.05, 3.63) is 52.8 Å². The molecule has 0 radical (unpaired) electrons. The zero-order chi connectivity index (χ0) is 22.3. The number of aliphatic imine (C=N–C) groups is 1. The number of nitrogens with zero attached hydrogens (tertiary/aromatic N) is 4. The first-order valence-electron chi connectivity index (χ1n) is 11.2. The molecule has 1 fully saturated rings. The summed E-state index contributed by atoms with van der Waals surface area (Å²) in [4.78, 5) is 21.3. The largest absolute Gasteiger partial charge is 0.481 e. The van der Waals surface area contributed by atoms with Gasteiger partial charge in [-0.05, 0) is 49.9 Å². The van der Waals surface area contributed by atoms with E-state index in [2.05, 4.69) is 65.6 Å². The van der Waals surface area contributed by atoms with Crippen LogP contribution in [0.25, 0.3) is 0 Å². The van der Waals surface area contributed by atoms with Gasteiger partial charge in [0.1, 0.15) is 0 Å². The molecule has 0 unspecified atom stereocenters. The Kier molecular flexibility index (Phi) is 8.66. The topological polar surface area (TPSA) is 61.1 Å². The Morgan fingerprint density at radius 2 is 1.79 bits per heavy atom. The lowest BCUT2D eigenvalue weighted by atomic mass is 9.93. The van der Waals surface area contributed by atoms with E-state index in [4.69, 9.17) is 4.99 Å². The number of hydrogen-bond acceptors (Lipinski definition) is 4. The normalized spacial score (nSPS) is 16.2. The summed E-state index contributed by atoms with van der Waals surface area (Å²) in [6.45, 7) is 15.0. The number of fused-ring (bicyclic) bond motifs is 2. The number of carboxylic acid groups (broad SMARTS) is 1. The lowest BCUT2D eigenvalue weighted by Gasteiger charge is -2.38. The summed E-state index contributed by atoms with van der Waals surface area (Å²) < 4.78 is 2.35. The van der Waals surface area contributed by atoms with Gasteiger partial charge in [-0.3, -0.25) is 9.69 Å². The van der Waals surface area contributed by atoms with Gasteiger partial charge in [0.2, 0.25) is 0 Å².